The van der Waals surface area contributed by atoms with E-state index < -0.39 is 0 Å². The number of rotatable bonds is 2. The third-order valence-electron chi connectivity index (χ3n) is 3.14. The van der Waals surface area contributed by atoms with Gasteiger partial charge in [-0.15, -0.1) is 0 Å². The van der Waals surface area contributed by atoms with Gasteiger partial charge in [0.1, 0.15) is 16.9 Å². The Morgan fingerprint density at radius 2 is 2.00 bits per heavy atom. The predicted octanol–water partition coefficient (Wildman–Crippen LogP) is 2.08. The molecule has 2 heterocycles. The number of hydrogen-bond donors (Lipinski definition) is 2. The Morgan fingerprint density at radius 3 is 2.65 bits per heavy atom. The number of H-pyrrole nitrogens is 1. The predicted molar refractivity (Wildman–Crippen MR) is 75.8 cm³/mol. The van der Waals surface area contributed by atoms with E-state index in [4.69, 9.17) is 14.9 Å². The normalized spacial score (nSPS) is 10.9. The van der Waals surface area contributed by atoms with Crippen LogP contribution in [0.25, 0.3) is 22.2 Å². The highest BCUT2D eigenvalue weighted by molar-refractivity contribution is 5.93. The van der Waals surface area contributed by atoms with Crippen LogP contribution in [0.2, 0.25) is 0 Å². The van der Waals surface area contributed by atoms with Crippen LogP contribution < -0.4 is 16.0 Å². The quantitative estimate of drug-likeness (QED) is 0.744. The number of fused-ring (bicyclic) bond motifs is 1. The van der Waals surface area contributed by atoms with Gasteiger partial charge in [-0.3, -0.25) is 9.78 Å². The lowest BCUT2D eigenvalue weighted by Crippen LogP contribution is -2.10. The third kappa shape index (κ3) is 1.82. The van der Waals surface area contributed by atoms with Crippen molar-refractivity contribution >= 4 is 17.0 Å². The van der Waals surface area contributed by atoms with Crippen molar-refractivity contribution in [3.05, 3.63) is 40.4 Å². The Bertz CT molecular complexity index is 831. The van der Waals surface area contributed by atoms with Crippen LogP contribution in [-0.2, 0) is 0 Å². The largest absolute Gasteiger partial charge is 0.497 e. The molecular formula is C14H13N3O3. The minimum Gasteiger partial charge on any atom is -0.497 e. The van der Waals surface area contributed by atoms with E-state index in [0.717, 1.165) is 16.9 Å². The van der Waals surface area contributed by atoms with Crippen molar-refractivity contribution in [3.8, 4) is 16.9 Å². The van der Waals surface area contributed by atoms with E-state index >= 15 is 0 Å². The maximum atomic E-state index is 12.1. The average molecular weight is 271 g/mol. The average Bonchev–Trinajstić information content (AvgIpc) is 2.75. The Morgan fingerprint density at radius 1 is 1.30 bits per heavy atom. The van der Waals surface area contributed by atoms with Crippen molar-refractivity contribution in [2.24, 2.45) is 0 Å². The van der Waals surface area contributed by atoms with E-state index in [2.05, 4.69) is 9.97 Å². The molecule has 20 heavy (non-hydrogen) atoms. The van der Waals surface area contributed by atoms with E-state index in [9.17, 15) is 4.79 Å². The zero-order valence-electron chi connectivity index (χ0n) is 11.1. The van der Waals surface area contributed by atoms with Gasteiger partial charge < -0.3 is 14.9 Å². The summed E-state index contributed by atoms with van der Waals surface area (Å²) >= 11 is 0. The minimum absolute atomic E-state index is 0.0394. The lowest BCUT2D eigenvalue weighted by atomic mass is 10.0. The first-order valence-corrected chi connectivity index (χ1v) is 6.03. The summed E-state index contributed by atoms with van der Waals surface area (Å²) in [6.07, 6.45) is 0. The molecule has 6 heteroatoms. The van der Waals surface area contributed by atoms with E-state index in [1.54, 1.807) is 14.0 Å². The van der Waals surface area contributed by atoms with Gasteiger partial charge in [-0.2, -0.15) is 4.98 Å². The van der Waals surface area contributed by atoms with Crippen LogP contribution >= 0.6 is 0 Å². The Balaban J connectivity index is 2.29. The molecule has 0 bridgehead atoms. The summed E-state index contributed by atoms with van der Waals surface area (Å²) in [4.78, 5) is 18.6. The Labute approximate surface area is 114 Å². The van der Waals surface area contributed by atoms with Crippen molar-refractivity contribution in [2.45, 2.75) is 6.92 Å². The molecule has 6 nitrogen and oxygen atoms in total. The molecule has 0 aliphatic heterocycles. The van der Waals surface area contributed by atoms with Crippen LogP contribution in [0.5, 0.6) is 5.75 Å². The van der Waals surface area contributed by atoms with Gasteiger partial charge in [-0.05, 0) is 24.6 Å². The Hall–Kier alpha value is -2.76. The van der Waals surface area contributed by atoms with E-state index in [1.807, 2.05) is 24.3 Å². The molecule has 3 rings (SSSR count). The maximum absolute atomic E-state index is 12.1. The van der Waals surface area contributed by atoms with E-state index in [0.29, 0.717) is 11.1 Å². The number of nitrogens with one attached hydrogen (secondary N) is 1. The number of hydrogen-bond acceptors (Lipinski definition) is 5. The minimum atomic E-state index is -0.310. The first-order chi connectivity index (χ1) is 9.60. The first-order valence-electron chi connectivity index (χ1n) is 6.03. The fourth-order valence-corrected chi connectivity index (χ4v) is 2.24. The van der Waals surface area contributed by atoms with Crippen LogP contribution in [0.15, 0.2) is 33.5 Å². The van der Waals surface area contributed by atoms with Gasteiger partial charge >= 0.3 is 0 Å². The monoisotopic (exact) mass is 271 g/mol. The molecule has 0 atom stereocenters. The summed E-state index contributed by atoms with van der Waals surface area (Å²) in [5.74, 6) is 1.40. The van der Waals surface area contributed by atoms with Gasteiger partial charge in [0.05, 0.1) is 7.11 Å². The fourth-order valence-electron chi connectivity index (χ4n) is 2.24. The highest BCUT2D eigenvalue weighted by Crippen LogP contribution is 2.32. The second-order valence-electron chi connectivity index (χ2n) is 4.39. The number of nitrogen functional groups attached to an aromatic ring is 1. The van der Waals surface area contributed by atoms with Crippen molar-refractivity contribution in [3.63, 3.8) is 0 Å². The second-order valence-corrected chi connectivity index (χ2v) is 4.39. The van der Waals surface area contributed by atoms with Crippen LogP contribution in [0.3, 0.4) is 0 Å². The van der Waals surface area contributed by atoms with E-state index in [1.165, 1.54) is 0 Å². The topological polar surface area (TPSA) is 94.1 Å². The fraction of sp³-hybridized carbons (Fsp3) is 0.143. The zero-order valence-corrected chi connectivity index (χ0v) is 11.1. The third-order valence-corrected chi connectivity index (χ3v) is 3.14. The number of furan rings is 1. The smallest absolute Gasteiger partial charge is 0.264 e. The highest BCUT2D eigenvalue weighted by Gasteiger charge is 2.17. The molecule has 102 valence electrons. The molecule has 0 fully saturated rings. The van der Waals surface area contributed by atoms with Gasteiger partial charge in [0, 0.05) is 5.56 Å². The maximum Gasteiger partial charge on any atom is 0.264 e. The molecule has 1 aromatic carbocycles. The second kappa shape index (κ2) is 4.41. The van der Waals surface area contributed by atoms with Crippen molar-refractivity contribution in [1.29, 1.82) is 0 Å². The summed E-state index contributed by atoms with van der Waals surface area (Å²) in [5, 5.41) is 0.405. The van der Waals surface area contributed by atoms with E-state index in [-0.39, 0.29) is 17.2 Å². The van der Waals surface area contributed by atoms with Crippen molar-refractivity contribution < 1.29 is 9.15 Å². The standard InChI is InChI=1S/C14H13N3O3/c1-7-10(8-3-5-9(19-2)6-4-8)11-12(18)16-14(15)17-13(11)20-7/h3-6H,1-2H3,(H3,15,16,17,18). The number of benzene rings is 1. The van der Waals surface area contributed by atoms with Crippen LogP contribution in [0.4, 0.5) is 5.95 Å². The van der Waals surface area contributed by atoms with Crippen LogP contribution in [0.1, 0.15) is 5.76 Å². The van der Waals surface area contributed by atoms with Crippen molar-refractivity contribution in [1.82, 2.24) is 9.97 Å². The molecule has 0 aliphatic rings. The lowest BCUT2D eigenvalue weighted by Gasteiger charge is -2.02. The molecule has 2 aromatic heterocycles. The molecule has 0 unspecified atom stereocenters. The Kier molecular flexibility index (Phi) is 2.71. The SMILES string of the molecule is COc1ccc(-c2c(C)oc3nc(N)[nH]c(=O)c23)cc1. The molecule has 3 aromatic rings. The lowest BCUT2D eigenvalue weighted by molar-refractivity contribution is 0.415. The molecular weight excluding hydrogens is 258 g/mol. The summed E-state index contributed by atoms with van der Waals surface area (Å²) in [7, 11) is 1.60. The number of aromatic nitrogens is 2. The molecule has 0 spiro atoms. The molecule has 0 radical (unpaired) electrons. The summed E-state index contributed by atoms with van der Waals surface area (Å²) in [5.41, 5.74) is 7.03. The number of aryl methyl sites for hydroxylation is 1. The molecule has 0 aliphatic carbocycles. The number of ether oxygens (including phenoxy) is 1. The zero-order chi connectivity index (χ0) is 14.3. The first kappa shape index (κ1) is 12.3. The summed E-state index contributed by atoms with van der Waals surface area (Å²) in [6.45, 7) is 1.79. The summed E-state index contributed by atoms with van der Waals surface area (Å²) < 4.78 is 10.7. The number of anilines is 1. The van der Waals surface area contributed by atoms with Crippen LogP contribution in [-0.4, -0.2) is 17.1 Å². The van der Waals surface area contributed by atoms with Gasteiger partial charge in [0.15, 0.2) is 0 Å². The number of nitrogens with two attached hydrogens (primary N) is 1. The van der Waals surface area contributed by atoms with Gasteiger partial charge in [0.2, 0.25) is 11.7 Å². The van der Waals surface area contributed by atoms with Crippen LogP contribution in [0, 0.1) is 6.92 Å². The van der Waals surface area contributed by atoms with Gasteiger partial charge in [-0.25, -0.2) is 0 Å². The number of aromatic amines is 1. The molecule has 0 saturated heterocycles. The molecule has 0 saturated carbocycles. The van der Waals surface area contributed by atoms with Crippen molar-refractivity contribution in [2.75, 3.05) is 12.8 Å². The molecule has 0 amide bonds. The highest BCUT2D eigenvalue weighted by atomic mass is 16.5. The molecule has 3 N–H and O–H groups in total. The number of methoxy groups -OCH3 is 1. The van der Waals surface area contributed by atoms with Gasteiger partial charge in [-0.1, -0.05) is 12.1 Å². The summed E-state index contributed by atoms with van der Waals surface area (Å²) in [6, 6.07) is 7.39. The van der Waals surface area contributed by atoms with Gasteiger partial charge in [0.25, 0.3) is 5.56 Å². The number of nitrogens with zero attached hydrogens (tertiary/aromatic N) is 1.